The number of hydrogen-bond donors (Lipinski definition) is 1. The van der Waals surface area contributed by atoms with Crippen LogP contribution < -0.4 is 5.32 Å². The Kier molecular flexibility index (Phi) is 3.40. The number of pyridine rings is 1. The van der Waals surface area contributed by atoms with Crippen LogP contribution in [0.5, 0.6) is 0 Å². The Labute approximate surface area is 125 Å². The third kappa shape index (κ3) is 2.38. The van der Waals surface area contributed by atoms with Crippen LogP contribution in [0.1, 0.15) is 11.6 Å². The first-order valence-electron chi connectivity index (χ1n) is 6.28. The highest BCUT2D eigenvalue weighted by molar-refractivity contribution is 9.10. The molecule has 0 amide bonds. The Morgan fingerprint density at radius 1 is 1.30 bits per heavy atom. The second-order valence-corrected chi connectivity index (χ2v) is 5.52. The lowest BCUT2D eigenvalue weighted by Crippen LogP contribution is -2.07. The number of benzene rings is 1. The molecule has 2 heterocycles. The highest BCUT2D eigenvalue weighted by Crippen LogP contribution is 2.24. The van der Waals surface area contributed by atoms with Gasteiger partial charge >= 0.3 is 0 Å². The standard InChI is InChI=1S/C14H14BrN5/c1-9-18-19-13(20(9)2)8-16-12-5-3-4-10-6-11(15)7-17-14(10)12/h3-7,16H,8H2,1-2H3. The van der Waals surface area contributed by atoms with E-state index in [0.29, 0.717) is 6.54 Å². The van der Waals surface area contributed by atoms with Crippen LogP contribution in [0.15, 0.2) is 34.9 Å². The molecule has 102 valence electrons. The predicted molar refractivity (Wildman–Crippen MR) is 82.5 cm³/mol. The molecule has 5 nitrogen and oxygen atoms in total. The zero-order chi connectivity index (χ0) is 14.1. The van der Waals surface area contributed by atoms with E-state index < -0.39 is 0 Å². The molecule has 20 heavy (non-hydrogen) atoms. The van der Waals surface area contributed by atoms with E-state index in [2.05, 4.69) is 42.5 Å². The highest BCUT2D eigenvalue weighted by atomic mass is 79.9. The third-order valence-electron chi connectivity index (χ3n) is 3.30. The highest BCUT2D eigenvalue weighted by Gasteiger charge is 2.06. The van der Waals surface area contributed by atoms with Gasteiger partial charge in [-0.25, -0.2) is 0 Å². The van der Waals surface area contributed by atoms with Crippen LogP contribution in [0.2, 0.25) is 0 Å². The van der Waals surface area contributed by atoms with Crippen molar-refractivity contribution in [3.8, 4) is 0 Å². The molecule has 1 N–H and O–H groups in total. The topological polar surface area (TPSA) is 55.6 Å². The molecule has 0 saturated carbocycles. The van der Waals surface area contributed by atoms with Crippen LogP contribution in [0.4, 0.5) is 5.69 Å². The number of aryl methyl sites for hydroxylation is 1. The molecule has 0 aliphatic rings. The fourth-order valence-electron chi connectivity index (χ4n) is 2.06. The lowest BCUT2D eigenvalue weighted by Gasteiger charge is -2.09. The summed E-state index contributed by atoms with van der Waals surface area (Å²) in [5.41, 5.74) is 1.95. The molecule has 0 aliphatic heterocycles. The van der Waals surface area contributed by atoms with E-state index in [1.807, 2.05) is 36.7 Å². The van der Waals surface area contributed by atoms with Gasteiger partial charge in [0.1, 0.15) is 5.82 Å². The van der Waals surface area contributed by atoms with E-state index >= 15 is 0 Å². The summed E-state index contributed by atoms with van der Waals surface area (Å²) in [6, 6.07) is 8.14. The predicted octanol–water partition coefficient (Wildman–Crippen LogP) is 3.05. The van der Waals surface area contributed by atoms with E-state index in [4.69, 9.17) is 0 Å². The maximum atomic E-state index is 4.47. The van der Waals surface area contributed by atoms with E-state index in [-0.39, 0.29) is 0 Å². The van der Waals surface area contributed by atoms with Crippen molar-refractivity contribution in [2.75, 3.05) is 5.32 Å². The van der Waals surface area contributed by atoms with E-state index in [0.717, 1.165) is 32.7 Å². The van der Waals surface area contributed by atoms with Crippen LogP contribution in [0.3, 0.4) is 0 Å². The molecule has 0 aliphatic carbocycles. The van der Waals surface area contributed by atoms with Gasteiger partial charge in [-0.3, -0.25) is 4.98 Å². The van der Waals surface area contributed by atoms with Crippen molar-refractivity contribution in [2.45, 2.75) is 13.5 Å². The van der Waals surface area contributed by atoms with E-state index in [1.54, 1.807) is 6.20 Å². The van der Waals surface area contributed by atoms with E-state index in [9.17, 15) is 0 Å². The number of nitrogens with one attached hydrogen (secondary N) is 1. The van der Waals surface area contributed by atoms with Gasteiger partial charge in [-0.1, -0.05) is 12.1 Å². The minimum atomic E-state index is 0.619. The van der Waals surface area contributed by atoms with Gasteiger partial charge in [-0.15, -0.1) is 10.2 Å². The Balaban J connectivity index is 1.89. The monoisotopic (exact) mass is 331 g/mol. The summed E-state index contributed by atoms with van der Waals surface area (Å²) in [5, 5.41) is 12.7. The maximum Gasteiger partial charge on any atom is 0.152 e. The molecular formula is C14H14BrN5. The Morgan fingerprint density at radius 3 is 2.90 bits per heavy atom. The number of anilines is 1. The van der Waals surface area contributed by atoms with Gasteiger partial charge in [0.2, 0.25) is 0 Å². The van der Waals surface area contributed by atoms with Gasteiger partial charge in [-0.05, 0) is 35.0 Å². The fraction of sp³-hybridized carbons (Fsp3) is 0.214. The normalized spacial score (nSPS) is 10.9. The second-order valence-electron chi connectivity index (χ2n) is 4.61. The number of hydrogen-bond acceptors (Lipinski definition) is 4. The number of rotatable bonds is 3. The molecule has 0 radical (unpaired) electrons. The zero-order valence-corrected chi connectivity index (χ0v) is 12.8. The fourth-order valence-corrected chi connectivity index (χ4v) is 2.40. The Hall–Kier alpha value is -1.95. The van der Waals surface area contributed by atoms with Gasteiger partial charge in [0, 0.05) is 23.1 Å². The van der Waals surface area contributed by atoms with Crippen LogP contribution >= 0.6 is 15.9 Å². The van der Waals surface area contributed by atoms with E-state index in [1.165, 1.54) is 0 Å². The van der Waals surface area contributed by atoms with Gasteiger partial charge in [0.05, 0.1) is 17.7 Å². The molecule has 0 bridgehead atoms. The summed E-state index contributed by atoms with van der Waals surface area (Å²) in [4.78, 5) is 4.47. The summed E-state index contributed by atoms with van der Waals surface area (Å²) in [6.45, 7) is 2.56. The minimum absolute atomic E-state index is 0.619. The summed E-state index contributed by atoms with van der Waals surface area (Å²) in [5.74, 6) is 1.80. The molecule has 0 fully saturated rings. The van der Waals surface area contributed by atoms with Gasteiger partial charge in [0.15, 0.2) is 5.82 Å². The van der Waals surface area contributed by atoms with Crippen molar-refractivity contribution in [2.24, 2.45) is 7.05 Å². The number of nitrogens with zero attached hydrogens (tertiary/aromatic N) is 4. The van der Waals surface area contributed by atoms with Crippen LogP contribution in [-0.2, 0) is 13.6 Å². The molecule has 6 heteroatoms. The summed E-state index contributed by atoms with van der Waals surface area (Å²) in [6.07, 6.45) is 1.81. The SMILES string of the molecule is Cc1nnc(CNc2cccc3cc(Br)cnc23)n1C. The van der Waals surface area contributed by atoms with Crippen LogP contribution in [0, 0.1) is 6.92 Å². The molecule has 3 aromatic rings. The number of fused-ring (bicyclic) bond motifs is 1. The summed E-state index contributed by atoms with van der Waals surface area (Å²) < 4.78 is 2.95. The number of halogens is 1. The lowest BCUT2D eigenvalue weighted by atomic mass is 10.2. The second kappa shape index (κ2) is 5.20. The van der Waals surface area contributed by atoms with Crippen molar-refractivity contribution in [1.82, 2.24) is 19.7 Å². The molecule has 0 unspecified atom stereocenters. The summed E-state index contributed by atoms with van der Waals surface area (Å²) in [7, 11) is 1.96. The van der Waals surface area contributed by atoms with Gasteiger partial charge in [-0.2, -0.15) is 0 Å². The largest absolute Gasteiger partial charge is 0.376 e. The first-order valence-corrected chi connectivity index (χ1v) is 7.07. The molecule has 2 aromatic heterocycles. The molecule has 0 saturated heterocycles. The van der Waals surface area contributed by atoms with Gasteiger partial charge < -0.3 is 9.88 Å². The van der Waals surface area contributed by atoms with Crippen LogP contribution in [-0.4, -0.2) is 19.7 Å². The van der Waals surface area contributed by atoms with Crippen molar-refractivity contribution < 1.29 is 0 Å². The first kappa shape index (κ1) is 13.1. The van der Waals surface area contributed by atoms with Crippen molar-refractivity contribution >= 4 is 32.5 Å². The molecule has 1 aromatic carbocycles. The summed E-state index contributed by atoms with van der Waals surface area (Å²) >= 11 is 3.44. The first-order chi connectivity index (χ1) is 9.65. The smallest absolute Gasteiger partial charge is 0.152 e. The molecule has 0 atom stereocenters. The minimum Gasteiger partial charge on any atom is -0.376 e. The average molecular weight is 332 g/mol. The third-order valence-corrected chi connectivity index (χ3v) is 3.73. The number of para-hydroxylation sites is 1. The lowest BCUT2D eigenvalue weighted by molar-refractivity contribution is 0.789. The molecule has 0 spiro atoms. The quantitative estimate of drug-likeness (QED) is 0.801. The maximum absolute atomic E-state index is 4.47. The molecular weight excluding hydrogens is 318 g/mol. The number of aromatic nitrogens is 4. The Morgan fingerprint density at radius 2 is 2.15 bits per heavy atom. The van der Waals surface area contributed by atoms with Crippen molar-refractivity contribution in [3.05, 3.63) is 46.6 Å². The van der Waals surface area contributed by atoms with Crippen molar-refractivity contribution in [3.63, 3.8) is 0 Å². The van der Waals surface area contributed by atoms with Crippen molar-refractivity contribution in [1.29, 1.82) is 0 Å². The zero-order valence-electron chi connectivity index (χ0n) is 11.3. The van der Waals surface area contributed by atoms with Crippen LogP contribution in [0.25, 0.3) is 10.9 Å². The van der Waals surface area contributed by atoms with Gasteiger partial charge in [0.25, 0.3) is 0 Å². The Bertz CT molecular complexity index is 765. The molecule has 3 rings (SSSR count). The average Bonchev–Trinajstić information content (AvgIpc) is 2.76.